The topological polar surface area (TPSA) is 85.7 Å². The lowest BCUT2D eigenvalue weighted by molar-refractivity contribution is 0.0600. The van der Waals surface area contributed by atoms with Gasteiger partial charge in [-0.1, -0.05) is 18.2 Å². The van der Waals surface area contributed by atoms with E-state index in [-0.39, 0.29) is 6.03 Å². The smallest absolute Gasteiger partial charge is 0.337 e. The van der Waals surface area contributed by atoms with Crippen LogP contribution in [0.15, 0.2) is 48.5 Å². The summed E-state index contributed by atoms with van der Waals surface area (Å²) in [6.07, 6.45) is 0. The van der Waals surface area contributed by atoms with Crippen molar-refractivity contribution < 1.29 is 14.3 Å². The normalized spacial score (nSPS) is 13.6. The van der Waals surface area contributed by atoms with Gasteiger partial charge in [0.25, 0.3) is 0 Å². The summed E-state index contributed by atoms with van der Waals surface area (Å²) in [7, 11) is 1.32. The number of rotatable bonds is 3. The number of methoxy groups -OCH3 is 1. The summed E-state index contributed by atoms with van der Waals surface area (Å²) in [5.41, 5.74) is 2.45. The SMILES string of the molecule is COC(=O)c1cccc(NC(=O)N2CCN(c3ccccc3C#N)CC2)c1. The van der Waals surface area contributed by atoms with E-state index in [4.69, 9.17) is 4.74 Å². The van der Waals surface area contributed by atoms with Crippen molar-refractivity contribution in [3.63, 3.8) is 0 Å². The van der Waals surface area contributed by atoms with Crippen molar-refractivity contribution in [1.82, 2.24) is 4.90 Å². The molecule has 7 heteroatoms. The molecule has 1 saturated heterocycles. The highest BCUT2D eigenvalue weighted by molar-refractivity contribution is 5.94. The molecule has 0 saturated carbocycles. The van der Waals surface area contributed by atoms with Crippen LogP contribution in [0.1, 0.15) is 15.9 Å². The highest BCUT2D eigenvalue weighted by Crippen LogP contribution is 2.21. The maximum absolute atomic E-state index is 12.5. The Morgan fingerprint density at radius 2 is 1.81 bits per heavy atom. The van der Waals surface area contributed by atoms with Gasteiger partial charge >= 0.3 is 12.0 Å². The molecule has 7 nitrogen and oxygen atoms in total. The Bertz CT molecular complexity index is 883. The van der Waals surface area contributed by atoms with E-state index in [1.54, 1.807) is 35.2 Å². The van der Waals surface area contributed by atoms with E-state index < -0.39 is 5.97 Å². The van der Waals surface area contributed by atoms with Gasteiger partial charge in [-0.3, -0.25) is 0 Å². The Morgan fingerprint density at radius 3 is 2.52 bits per heavy atom. The predicted octanol–water partition coefficient (Wildman–Crippen LogP) is 2.70. The van der Waals surface area contributed by atoms with E-state index in [2.05, 4.69) is 16.3 Å². The van der Waals surface area contributed by atoms with Gasteiger partial charge in [-0.25, -0.2) is 9.59 Å². The Balaban J connectivity index is 1.61. The molecule has 3 rings (SSSR count). The summed E-state index contributed by atoms with van der Waals surface area (Å²) in [6.45, 7) is 2.38. The van der Waals surface area contributed by atoms with Crippen LogP contribution < -0.4 is 10.2 Å². The fourth-order valence-corrected chi connectivity index (χ4v) is 3.04. The van der Waals surface area contributed by atoms with Gasteiger partial charge in [0.1, 0.15) is 6.07 Å². The molecule has 1 heterocycles. The van der Waals surface area contributed by atoms with E-state index in [0.29, 0.717) is 43.0 Å². The van der Waals surface area contributed by atoms with Gasteiger partial charge in [0, 0.05) is 31.9 Å². The van der Waals surface area contributed by atoms with Crippen molar-refractivity contribution in [3.05, 3.63) is 59.7 Å². The van der Waals surface area contributed by atoms with E-state index in [1.807, 2.05) is 18.2 Å². The van der Waals surface area contributed by atoms with E-state index in [0.717, 1.165) is 5.69 Å². The molecule has 1 aliphatic rings. The monoisotopic (exact) mass is 364 g/mol. The van der Waals surface area contributed by atoms with E-state index >= 15 is 0 Å². The molecule has 1 N–H and O–H groups in total. The molecule has 0 spiro atoms. The van der Waals surface area contributed by atoms with Crippen LogP contribution in [0, 0.1) is 11.3 Å². The Morgan fingerprint density at radius 1 is 1.07 bits per heavy atom. The molecule has 1 aliphatic heterocycles. The zero-order valence-electron chi connectivity index (χ0n) is 15.0. The van der Waals surface area contributed by atoms with Crippen LogP contribution in [0.25, 0.3) is 0 Å². The largest absolute Gasteiger partial charge is 0.465 e. The van der Waals surface area contributed by atoms with E-state index in [9.17, 15) is 14.9 Å². The quantitative estimate of drug-likeness (QED) is 0.847. The molecule has 2 aromatic rings. The van der Waals surface area contributed by atoms with Gasteiger partial charge in [0.15, 0.2) is 0 Å². The molecule has 0 unspecified atom stereocenters. The van der Waals surface area contributed by atoms with Crippen molar-refractivity contribution in [2.45, 2.75) is 0 Å². The number of nitriles is 1. The van der Waals surface area contributed by atoms with Gasteiger partial charge in [0.2, 0.25) is 0 Å². The number of piperazine rings is 1. The standard InChI is InChI=1S/C20H20N4O3/c1-27-19(25)15-6-4-7-17(13-15)22-20(26)24-11-9-23(10-12-24)18-8-3-2-5-16(18)14-21/h2-8,13H,9-12H2,1H3,(H,22,26). The number of anilines is 2. The number of carbonyl (C=O) groups excluding carboxylic acids is 2. The van der Waals surface area contributed by atoms with Crippen molar-refractivity contribution in [1.29, 1.82) is 5.26 Å². The van der Waals surface area contributed by atoms with Gasteiger partial charge in [-0.15, -0.1) is 0 Å². The van der Waals surface area contributed by atoms with Crippen molar-refractivity contribution in [2.75, 3.05) is 43.5 Å². The molecule has 2 amide bonds. The Labute approximate surface area is 157 Å². The van der Waals surface area contributed by atoms with Crippen LogP contribution in [0.2, 0.25) is 0 Å². The number of hydrogen-bond donors (Lipinski definition) is 1. The molecule has 2 aromatic carbocycles. The third-order valence-corrected chi connectivity index (χ3v) is 4.47. The molecule has 0 bridgehead atoms. The lowest BCUT2D eigenvalue weighted by Crippen LogP contribution is -2.50. The summed E-state index contributed by atoms with van der Waals surface area (Å²) in [5, 5.41) is 12.1. The number of benzene rings is 2. The average molecular weight is 364 g/mol. The number of esters is 1. The first-order valence-electron chi connectivity index (χ1n) is 8.61. The van der Waals surface area contributed by atoms with Crippen molar-refractivity contribution >= 4 is 23.4 Å². The lowest BCUT2D eigenvalue weighted by atomic mass is 10.1. The molecule has 27 heavy (non-hydrogen) atoms. The maximum atomic E-state index is 12.5. The fraction of sp³-hybridized carbons (Fsp3) is 0.250. The minimum atomic E-state index is -0.448. The van der Waals surface area contributed by atoms with Gasteiger partial charge < -0.3 is 19.9 Å². The number of carbonyl (C=O) groups is 2. The lowest BCUT2D eigenvalue weighted by Gasteiger charge is -2.36. The van der Waals surface area contributed by atoms with Crippen LogP contribution in [0.3, 0.4) is 0 Å². The second-order valence-electron chi connectivity index (χ2n) is 6.11. The summed E-state index contributed by atoms with van der Waals surface area (Å²) < 4.78 is 4.69. The number of ether oxygens (including phenoxy) is 1. The first kappa shape index (κ1) is 18.3. The summed E-state index contributed by atoms with van der Waals surface area (Å²) in [6, 6.07) is 16.1. The fourth-order valence-electron chi connectivity index (χ4n) is 3.04. The van der Waals surface area contributed by atoms with Crippen LogP contribution >= 0.6 is 0 Å². The average Bonchev–Trinajstić information content (AvgIpc) is 2.73. The van der Waals surface area contributed by atoms with Crippen LogP contribution in [-0.4, -0.2) is 50.2 Å². The highest BCUT2D eigenvalue weighted by atomic mass is 16.5. The number of nitrogens with one attached hydrogen (secondary N) is 1. The Hall–Kier alpha value is -3.53. The first-order valence-corrected chi connectivity index (χ1v) is 8.61. The Kier molecular flexibility index (Phi) is 5.57. The van der Waals surface area contributed by atoms with Crippen molar-refractivity contribution in [2.24, 2.45) is 0 Å². The van der Waals surface area contributed by atoms with Gasteiger partial charge in [0.05, 0.1) is 23.9 Å². The zero-order chi connectivity index (χ0) is 19.2. The zero-order valence-corrected chi connectivity index (χ0v) is 15.0. The van der Waals surface area contributed by atoms with Crippen LogP contribution in [0.4, 0.5) is 16.2 Å². The minimum Gasteiger partial charge on any atom is -0.465 e. The van der Waals surface area contributed by atoms with Crippen LogP contribution in [-0.2, 0) is 4.74 Å². The molecule has 0 aromatic heterocycles. The molecular weight excluding hydrogens is 344 g/mol. The molecule has 0 atom stereocenters. The maximum Gasteiger partial charge on any atom is 0.337 e. The van der Waals surface area contributed by atoms with E-state index in [1.165, 1.54) is 7.11 Å². The summed E-state index contributed by atoms with van der Waals surface area (Å²) >= 11 is 0. The van der Waals surface area contributed by atoms with Crippen molar-refractivity contribution in [3.8, 4) is 6.07 Å². The molecular formula is C20H20N4O3. The second kappa shape index (κ2) is 8.23. The number of hydrogen-bond acceptors (Lipinski definition) is 5. The minimum absolute atomic E-state index is 0.217. The predicted molar refractivity (Wildman–Crippen MR) is 102 cm³/mol. The number of nitrogens with zero attached hydrogens (tertiary/aromatic N) is 3. The molecule has 0 aliphatic carbocycles. The molecule has 1 fully saturated rings. The summed E-state index contributed by atoms with van der Waals surface area (Å²) in [4.78, 5) is 27.9. The first-order chi connectivity index (χ1) is 13.1. The number of urea groups is 1. The van der Waals surface area contributed by atoms with Gasteiger partial charge in [-0.2, -0.15) is 5.26 Å². The number of para-hydroxylation sites is 1. The highest BCUT2D eigenvalue weighted by Gasteiger charge is 2.22. The summed E-state index contributed by atoms with van der Waals surface area (Å²) in [5.74, 6) is -0.448. The number of amides is 2. The molecule has 138 valence electrons. The third kappa shape index (κ3) is 4.18. The third-order valence-electron chi connectivity index (χ3n) is 4.47. The van der Waals surface area contributed by atoms with Crippen LogP contribution in [0.5, 0.6) is 0 Å². The second-order valence-corrected chi connectivity index (χ2v) is 6.11. The van der Waals surface area contributed by atoms with Gasteiger partial charge in [-0.05, 0) is 30.3 Å². The molecule has 0 radical (unpaired) electrons.